The van der Waals surface area contributed by atoms with Gasteiger partial charge in [0.1, 0.15) is 6.00 Å². The van der Waals surface area contributed by atoms with Gasteiger partial charge in [0.05, 0.1) is 5.69 Å². The molecule has 0 atom stereocenters. The molecule has 15 heavy (non-hydrogen) atoms. The average Bonchev–Trinajstić information content (AvgIpc) is 2.86. The number of hydrogen-bond donors (Lipinski definition) is 0. The first kappa shape index (κ1) is 10.7. The smallest absolute Gasteiger partial charge is 0.115 e. The normalized spacial score (nSPS) is 11.2. The minimum absolute atomic E-state index is 0.414. The molecular formula is C11H13ClN2S. The van der Waals surface area contributed by atoms with Crippen LogP contribution in [0.25, 0.3) is 11.3 Å². The lowest BCUT2D eigenvalue weighted by Gasteiger charge is -2.05. The Labute approximate surface area is 98.5 Å². The number of aromatic nitrogens is 2. The van der Waals surface area contributed by atoms with Crippen molar-refractivity contribution in [1.29, 1.82) is 0 Å². The maximum Gasteiger partial charge on any atom is 0.115 e. The number of rotatable bonds is 3. The standard InChI is InChI=1S/C11H13ClN2S/c1-8(2)11-5-10(13-14(11)7-12)9-3-4-15-6-9/h3-6,8H,7H2,1-2H3. The molecule has 0 unspecified atom stereocenters. The molecule has 4 heteroatoms. The van der Waals surface area contributed by atoms with Gasteiger partial charge in [-0.2, -0.15) is 16.4 Å². The summed E-state index contributed by atoms with van der Waals surface area (Å²) in [4.78, 5) is 0. The minimum Gasteiger partial charge on any atom is -0.254 e. The molecule has 2 nitrogen and oxygen atoms in total. The van der Waals surface area contributed by atoms with Crippen LogP contribution < -0.4 is 0 Å². The molecule has 0 aliphatic rings. The average molecular weight is 241 g/mol. The predicted octanol–water partition coefficient (Wildman–Crippen LogP) is 3.93. The summed E-state index contributed by atoms with van der Waals surface area (Å²) >= 11 is 7.54. The highest BCUT2D eigenvalue weighted by atomic mass is 35.5. The van der Waals surface area contributed by atoms with Crippen molar-refractivity contribution < 1.29 is 0 Å². The van der Waals surface area contributed by atoms with E-state index in [1.807, 2.05) is 4.68 Å². The zero-order valence-corrected chi connectivity index (χ0v) is 10.3. The molecule has 2 aromatic rings. The van der Waals surface area contributed by atoms with Gasteiger partial charge in [0.25, 0.3) is 0 Å². The fourth-order valence-corrected chi connectivity index (χ4v) is 2.38. The Balaban J connectivity index is 2.43. The summed E-state index contributed by atoms with van der Waals surface area (Å²) in [7, 11) is 0. The molecule has 0 radical (unpaired) electrons. The molecule has 0 spiro atoms. The molecule has 0 aliphatic carbocycles. The van der Waals surface area contributed by atoms with E-state index in [9.17, 15) is 0 Å². The van der Waals surface area contributed by atoms with E-state index in [1.165, 1.54) is 11.3 Å². The van der Waals surface area contributed by atoms with Gasteiger partial charge in [0.2, 0.25) is 0 Å². The Bertz CT molecular complexity index is 431. The van der Waals surface area contributed by atoms with Crippen molar-refractivity contribution >= 4 is 22.9 Å². The number of thiophene rings is 1. The first-order valence-electron chi connectivity index (χ1n) is 4.88. The van der Waals surface area contributed by atoms with Crippen LogP contribution in [-0.2, 0) is 6.00 Å². The first-order valence-corrected chi connectivity index (χ1v) is 6.36. The Kier molecular flexibility index (Phi) is 3.12. The van der Waals surface area contributed by atoms with Gasteiger partial charge >= 0.3 is 0 Å². The van der Waals surface area contributed by atoms with E-state index in [-0.39, 0.29) is 0 Å². The van der Waals surface area contributed by atoms with E-state index >= 15 is 0 Å². The van der Waals surface area contributed by atoms with E-state index in [4.69, 9.17) is 11.6 Å². The minimum atomic E-state index is 0.414. The molecule has 2 rings (SSSR count). The highest BCUT2D eigenvalue weighted by molar-refractivity contribution is 7.08. The maximum atomic E-state index is 5.85. The van der Waals surface area contributed by atoms with Crippen molar-refractivity contribution in [1.82, 2.24) is 9.78 Å². The van der Waals surface area contributed by atoms with Crippen LogP contribution in [0.2, 0.25) is 0 Å². The van der Waals surface area contributed by atoms with Crippen LogP contribution >= 0.6 is 22.9 Å². The lowest BCUT2D eigenvalue weighted by Crippen LogP contribution is -2.02. The van der Waals surface area contributed by atoms with Crippen LogP contribution in [0.3, 0.4) is 0 Å². The zero-order chi connectivity index (χ0) is 10.8. The fraction of sp³-hybridized carbons (Fsp3) is 0.364. The largest absolute Gasteiger partial charge is 0.254 e. The predicted molar refractivity (Wildman–Crippen MR) is 65.5 cm³/mol. The highest BCUT2D eigenvalue weighted by Gasteiger charge is 2.11. The Hall–Kier alpha value is -0.800. The quantitative estimate of drug-likeness (QED) is 0.744. The highest BCUT2D eigenvalue weighted by Crippen LogP contribution is 2.25. The van der Waals surface area contributed by atoms with Gasteiger partial charge < -0.3 is 0 Å². The summed E-state index contributed by atoms with van der Waals surface area (Å²) in [5, 5.41) is 8.65. The van der Waals surface area contributed by atoms with Gasteiger partial charge in [-0.1, -0.05) is 13.8 Å². The molecule has 0 saturated heterocycles. The van der Waals surface area contributed by atoms with Crippen molar-refractivity contribution in [2.75, 3.05) is 0 Å². The van der Waals surface area contributed by atoms with Gasteiger partial charge in [-0.3, -0.25) is 4.68 Å². The van der Waals surface area contributed by atoms with Crippen LogP contribution in [0.1, 0.15) is 25.5 Å². The third-order valence-corrected chi connectivity index (χ3v) is 3.24. The summed E-state index contributed by atoms with van der Waals surface area (Å²) < 4.78 is 1.86. The van der Waals surface area contributed by atoms with E-state index in [0.29, 0.717) is 11.9 Å². The van der Waals surface area contributed by atoms with E-state index < -0.39 is 0 Å². The second-order valence-corrected chi connectivity index (χ2v) is 4.76. The first-order chi connectivity index (χ1) is 7.22. The molecule has 80 valence electrons. The molecule has 0 bridgehead atoms. The van der Waals surface area contributed by atoms with Gasteiger partial charge in [0.15, 0.2) is 0 Å². The Morgan fingerprint density at radius 2 is 2.33 bits per heavy atom. The van der Waals surface area contributed by atoms with Gasteiger partial charge in [-0.05, 0) is 23.4 Å². The number of nitrogens with zero attached hydrogens (tertiary/aromatic N) is 2. The molecule has 2 heterocycles. The van der Waals surface area contributed by atoms with Gasteiger partial charge in [0, 0.05) is 16.6 Å². The molecule has 0 aliphatic heterocycles. The molecular weight excluding hydrogens is 228 g/mol. The van der Waals surface area contributed by atoms with E-state index in [2.05, 4.69) is 41.8 Å². The molecule has 0 saturated carbocycles. The molecule has 0 aromatic carbocycles. The van der Waals surface area contributed by atoms with Crippen LogP contribution in [-0.4, -0.2) is 9.78 Å². The summed E-state index contributed by atoms with van der Waals surface area (Å²) in [5.41, 5.74) is 3.37. The van der Waals surface area contributed by atoms with Crippen molar-refractivity contribution in [3.8, 4) is 11.3 Å². The zero-order valence-electron chi connectivity index (χ0n) is 8.77. The van der Waals surface area contributed by atoms with Crippen LogP contribution in [0.4, 0.5) is 0 Å². The summed E-state index contributed by atoms with van der Waals surface area (Å²) in [5.74, 6) is 0.448. The summed E-state index contributed by atoms with van der Waals surface area (Å²) in [6.07, 6.45) is 0. The fourth-order valence-electron chi connectivity index (χ4n) is 1.54. The second-order valence-electron chi connectivity index (χ2n) is 3.74. The number of alkyl halides is 1. The summed E-state index contributed by atoms with van der Waals surface area (Å²) in [6.45, 7) is 4.30. The molecule has 0 N–H and O–H groups in total. The van der Waals surface area contributed by atoms with Gasteiger partial charge in [-0.15, -0.1) is 11.6 Å². The Morgan fingerprint density at radius 1 is 1.53 bits per heavy atom. The maximum absolute atomic E-state index is 5.85. The third kappa shape index (κ3) is 2.08. The van der Waals surface area contributed by atoms with E-state index in [1.54, 1.807) is 11.3 Å². The third-order valence-electron chi connectivity index (χ3n) is 2.33. The topological polar surface area (TPSA) is 17.8 Å². The SMILES string of the molecule is CC(C)c1cc(-c2ccsc2)nn1CCl. The van der Waals surface area contributed by atoms with Crippen molar-refractivity contribution in [2.45, 2.75) is 25.8 Å². The van der Waals surface area contributed by atoms with Crippen molar-refractivity contribution in [2.24, 2.45) is 0 Å². The van der Waals surface area contributed by atoms with Crippen molar-refractivity contribution in [3.63, 3.8) is 0 Å². The van der Waals surface area contributed by atoms with E-state index in [0.717, 1.165) is 5.69 Å². The molecule has 2 aromatic heterocycles. The lowest BCUT2D eigenvalue weighted by molar-refractivity contribution is 0.656. The molecule has 0 amide bonds. The van der Waals surface area contributed by atoms with Gasteiger partial charge in [-0.25, -0.2) is 0 Å². The monoisotopic (exact) mass is 240 g/mol. The summed E-state index contributed by atoms with van der Waals surface area (Å²) in [6, 6.07) is 4.61. The van der Waals surface area contributed by atoms with Crippen molar-refractivity contribution in [3.05, 3.63) is 28.6 Å². The van der Waals surface area contributed by atoms with Crippen LogP contribution in [0.15, 0.2) is 22.9 Å². The Morgan fingerprint density at radius 3 is 2.80 bits per heavy atom. The second kappa shape index (κ2) is 4.37. The lowest BCUT2D eigenvalue weighted by atomic mass is 10.1. The number of halogens is 1. The molecule has 0 fully saturated rings. The number of hydrogen-bond acceptors (Lipinski definition) is 2. The van der Waals surface area contributed by atoms with Crippen LogP contribution in [0.5, 0.6) is 0 Å². The van der Waals surface area contributed by atoms with Crippen LogP contribution in [0, 0.1) is 0 Å².